The van der Waals surface area contributed by atoms with E-state index in [0.717, 1.165) is 30.8 Å². The highest BCUT2D eigenvalue weighted by atomic mass is 19.4. The number of aliphatic carboxylic acids is 1. The fourth-order valence-corrected chi connectivity index (χ4v) is 3.93. The van der Waals surface area contributed by atoms with E-state index < -0.39 is 18.2 Å². The van der Waals surface area contributed by atoms with E-state index in [2.05, 4.69) is 22.0 Å². The van der Waals surface area contributed by atoms with E-state index in [1.807, 2.05) is 29.2 Å². The third-order valence-corrected chi connectivity index (χ3v) is 6.03. The molecule has 3 aromatic rings. The number of alkyl halides is 3. The van der Waals surface area contributed by atoms with Gasteiger partial charge in [0.05, 0.1) is 7.11 Å². The van der Waals surface area contributed by atoms with E-state index in [9.17, 15) is 22.4 Å². The summed E-state index contributed by atoms with van der Waals surface area (Å²) in [7, 11) is 1.55. The van der Waals surface area contributed by atoms with Crippen LogP contribution in [0.3, 0.4) is 0 Å². The zero-order valence-electron chi connectivity index (χ0n) is 21.7. The standard InChI is InChI=1S/C26H28FN3O3.C2HF3O2/c1-32-24-12-9-22(17-28-24)26(21-7-10-23(27)11-8-21)33-19-25(31)30-15-13-29(14-16-30)18-20-5-3-2-4-6-20;3-2(4,5)1(6)7/h2-12,17,26H,13-16,18-19H2,1H3;(H,6,7). The summed E-state index contributed by atoms with van der Waals surface area (Å²) >= 11 is 0. The molecule has 1 N–H and O–H groups in total. The molecule has 8 nitrogen and oxygen atoms in total. The molecule has 2 heterocycles. The van der Waals surface area contributed by atoms with Crippen LogP contribution in [0.15, 0.2) is 72.9 Å². The third kappa shape index (κ3) is 9.31. The van der Waals surface area contributed by atoms with E-state index in [-0.39, 0.29) is 18.3 Å². The van der Waals surface area contributed by atoms with Gasteiger partial charge >= 0.3 is 12.1 Å². The Morgan fingerprint density at radius 1 is 0.950 bits per heavy atom. The smallest absolute Gasteiger partial charge is 0.481 e. The number of carboxylic acids is 1. The maximum atomic E-state index is 13.4. The fraction of sp³-hybridized carbons (Fsp3) is 0.321. The maximum absolute atomic E-state index is 13.4. The number of methoxy groups -OCH3 is 1. The van der Waals surface area contributed by atoms with Crippen LogP contribution in [0.4, 0.5) is 17.6 Å². The van der Waals surface area contributed by atoms with Gasteiger partial charge < -0.3 is 19.5 Å². The Morgan fingerprint density at radius 2 is 1.55 bits per heavy atom. The molecule has 0 radical (unpaired) electrons. The largest absolute Gasteiger partial charge is 0.490 e. The lowest BCUT2D eigenvalue weighted by molar-refractivity contribution is -0.192. The number of aromatic nitrogens is 1. The van der Waals surface area contributed by atoms with Crippen LogP contribution < -0.4 is 4.74 Å². The van der Waals surface area contributed by atoms with Gasteiger partial charge in [-0.3, -0.25) is 9.69 Å². The van der Waals surface area contributed by atoms with Crippen LogP contribution in [0.5, 0.6) is 5.88 Å². The minimum Gasteiger partial charge on any atom is -0.481 e. The number of carbonyl (C=O) groups is 2. The number of ether oxygens (including phenoxy) is 2. The lowest BCUT2D eigenvalue weighted by Gasteiger charge is -2.35. The molecule has 1 aliphatic rings. The maximum Gasteiger partial charge on any atom is 0.490 e. The molecule has 0 aliphatic carbocycles. The molecule has 1 aromatic heterocycles. The van der Waals surface area contributed by atoms with Crippen molar-refractivity contribution in [1.82, 2.24) is 14.8 Å². The van der Waals surface area contributed by atoms with Crippen molar-refractivity contribution in [2.24, 2.45) is 0 Å². The summed E-state index contributed by atoms with van der Waals surface area (Å²) in [6.07, 6.45) is -3.97. The highest BCUT2D eigenvalue weighted by molar-refractivity contribution is 5.77. The van der Waals surface area contributed by atoms with Gasteiger partial charge in [0.2, 0.25) is 11.8 Å². The van der Waals surface area contributed by atoms with Crippen molar-refractivity contribution in [3.8, 4) is 5.88 Å². The number of carboxylic acid groups (broad SMARTS) is 1. The average molecular weight is 564 g/mol. The first-order chi connectivity index (χ1) is 19.1. The van der Waals surface area contributed by atoms with Gasteiger partial charge in [-0.25, -0.2) is 14.2 Å². The molecule has 40 heavy (non-hydrogen) atoms. The van der Waals surface area contributed by atoms with Crippen molar-refractivity contribution < 1.29 is 41.7 Å². The topological polar surface area (TPSA) is 92.2 Å². The normalized spacial score (nSPS) is 14.6. The Kier molecular flexibility index (Phi) is 11.0. The first-order valence-corrected chi connectivity index (χ1v) is 12.3. The van der Waals surface area contributed by atoms with Gasteiger partial charge in [-0.1, -0.05) is 42.5 Å². The second-order valence-electron chi connectivity index (χ2n) is 8.82. The Labute approximate surface area is 228 Å². The minimum absolute atomic E-state index is 0.0528. The summed E-state index contributed by atoms with van der Waals surface area (Å²) in [6.45, 7) is 3.80. The number of amides is 1. The first kappa shape index (κ1) is 30.5. The van der Waals surface area contributed by atoms with Gasteiger partial charge in [-0.15, -0.1) is 0 Å². The van der Waals surface area contributed by atoms with Crippen molar-refractivity contribution >= 4 is 11.9 Å². The van der Waals surface area contributed by atoms with E-state index in [1.165, 1.54) is 17.7 Å². The Bertz CT molecular complexity index is 1220. The van der Waals surface area contributed by atoms with Crippen LogP contribution in [-0.2, 0) is 20.9 Å². The van der Waals surface area contributed by atoms with E-state index in [1.54, 1.807) is 31.5 Å². The quantitative estimate of drug-likeness (QED) is 0.409. The highest BCUT2D eigenvalue weighted by Crippen LogP contribution is 2.27. The third-order valence-electron chi connectivity index (χ3n) is 6.03. The Balaban J connectivity index is 0.000000559. The lowest BCUT2D eigenvalue weighted by Crippen LogP contribution is -2.49. The van der Waals surface area contributed by atoms with Crippen LogP contribution in [0.2, 0.25) is 0 Å². The van der Waals surface area contributed by atoms with E-state index in [0.29, 0.717) is 19.0 Å². The molecule has 0 saturated carbocycles. The van der Waals surface area contributed by atoms with Crippen molar-refractivity contribution in [3.63, 3.8) is 0 Å². The van der Waals surface area contributed by atoms with Crippen LogP contribution in [0.1, 0.15) is 22.8 Å². The monoisotopic (exact) mass is 563 g/mol. The molecule has 4 rings (SSSR count). The number of piperazine rings is 1. The lowest BCUT2D eigenvalue weighted by atomic mass is 10.0. The van der Waals surface area contributed by atoms with E-state index >= 15 is 0 Å². The second kappa shape index (κ2) is 14.4. The summed E-state index contributed by atoms with van der Waals surface area (Å²) in [6, 6.07) is 20.0. The van der Waals surface area contributed by atoms with E-state index in [4.69, 9.17) is 19.4 Å². The zero-order valence-corrected chi connectivity index (χ0v) is 21.7. The molecule has 0 bridgehead atoms. The number of halogens is 4. The van der Waals surface area contributed by atoms with Crippen LogP contribution >= 0.6 is 0 Å². The first-order valence-electron chi connectivity index (χ1n) is 12.3. The van der Waals surface area contributed by atoms with Gasteiger partial charge in [0.1, 0.15) is 18.5 Å². The molecule has 2 aromatic carbocycles. The fourth-order valence-electron chi connectivity index (χ4n) is 3.93. The number of hydrogen-bond donors (Lipinski definition) is 1. The van der Waals surface area contributed by atoms with Crippen molar-refractivity contribution in [2.45, 2.75) is 18.8 Å². The van der Waals surface area contributed by atoms with Gasteiger partial charge in [0.25, 0.3) is 0 Å². The summed E-state index contributed by atoms with van der Waals surface area (Å²) in [5, 5.41) is 7.12. The van der Waals surface area contributed by atoms with Gasteiger partial charge in [-0.2, -0.15) is 13.2 Å². The molecule has 1 aliphatic heterocycles. The zero-order chi connectivity index (χ0) is 29.1. The number of rotatable bonds is 8. The van der Waals surface area contributed by atoms with Gasteiger partial charge in [0.15, 0.2) is 0 Å². The predicted octanol–water partition coefficient (Wildman–Crippen LogP) is 4.31. The summed E-state index contributed by atoms with van der Waals surface area (Å²) in [4.78, 5) is 30.2. The SMILES string of the molecule is COc1ccc(C(OCC(=O)N2CCN(Cc3ccccc3)CC2)c2ccc(F)cc2)cn1.O=C(O)C(F)(F)F. The molecule has 1 atom stereocenters. The predicted molar refractivity (Wildman–Crippen MR) is 137 cm³/mol. The van der Waals surface area contributed by atoms with Crippen molar-refractivity contribution in [1.29, 1.82) is 0 Å². The second-order valence-corrected chi connectivity index (χ2v) is 8.82. The summed E-state index contributed by atoms with van der Waals surface area (Å²) in [5.41, 5.74) is 2.79. The number of hydrogen-bond acceptors (Lipinski definition) is 6. The highest BCUT2D eigenvalue weighted by Gasteiger charge is 2.38. The minimum atomic E-state index is -5.08. The Hall–Kier alpha value is -4.03. The van der Waals surface area contributed by atoms with Crippen molar-refractivity contribution in [2.75, 3.05) is 39.9 Å². The van der Waals surface area contributed by atoms with Crippen molar-refractivity contribution in [3.05, 3.63) is 95.4 Å². The summed E-state index contributed by atoms with van der Waals surface area (Å²) in [5.74, 6) is -2.65. The number of pyridine rings is 1. The van der Waals surface area contributed by atoms with Gasteiger partial charge in [-0.05, 0) is 29.3 Å². The summed E-state index contributed by atoms with van der Waals surface area (Å²) < 4.78 is 56.4. The molecule has 1 saturated heterocycles. The molecule has 1 fully saturated rings. The average Bonchev–Trinajstić information content (AvgIpc) is 2.95. The molecular formula is C28H29F4N3O5. The molecule has 214 valence electrons. The molecule has 1 unspecified atom stereocenters. The Morgan fingerprint density at radius 3 is 2.08 bits per heavy atom. The molecule has 0 spiro atoms. The van der Waals surface area contributed by atoms with Gasteiger partial charge in [0, 0.05) is 50.6 Å². The molecule has 1 amide bonds. The molecule has 12 heteroatoms. The van der Waals surface area contributed by atoms with Crippen LogP contribution in [0, 0.1) is 5.82 Å². The number of carbonyl (C=O) groups excluding carboxylic acids is 1. The van der Waals surface area contributed by atoms with Crippen LogP contribution in [-0.4, -0.2) is 77.8 Å². The number of benzene rings is 2. The molecular weight excluding hydrogens is 534 g/mol. The number of nitrogens with zero attached hydrogens (tertiary/aromatic N) is 3. The van der Waals surface area contributed by atoms with Crippen LogP contribution in [0.25, 0.3) is 0 Å².